The highest BCUT2D eigenvalue weighted by atomic mass is 127. The molecule has 0 bridgehead atoms. The standard InChI is InChI=1S/C21H34F2N4O2.HI/c1-3-24-21(25-11-5-13-27-12-4-6-16(2)15-27)26-14-19(28)17-7-9-18(10-8-17)29-20(22)23;/h7-10,16,19-20,28H,3-6,11-15H2,1-2H3,(H2,24,25,26);1H. The summed E-state index contributed by atoms with van der Waals surface area (Å²) in [6, 6.07) is 5.97. The van der Waals surface area contributed by atoms with Gasteiger partial charge in [-0.2, -0.15) is 8.78 Å². The lowest BCUT2D eigenvalue weighted by Gasteiger charge is -2.30. The molecule has 0 spiro atoms. The predicted octanol–water partition coefficient (Wildman–Crippen LogP) is 3.62. The summed E-state index contributed by atoms with van der Waals surface area (Å²) < 4.78 is 28.7. The van der Waals surface area contributed by atoms with Crippen molar-refractivity contribution in [3.63, 3.8) is 0 Å². The second-order valence-corrected chi connectivity index (χ2v) is 7.51. The number of rotatable bonds is 10. The van der Waals surface area contributed by atoms with Crippen LogP contribution in [0.5, 0.6) is 5.75 Å². The van der Waals surface area contributed by atoms with Gasteiger partial charge in [-0.1, -0.05) is 19.1 Å². The fourth-order valence-electron chi connectivity index (χ4n) is 3.50. The first-order valence-corrected chi connectivity index (χ1v) is 10.4. The van der Waals surface area contributed by atoms with Gasteiger partial charge in [-0.3, -0.25) is 4.99 Å². The fraction of sp³-hybridized carbons (Fsp3) is 0.667. The average Bonchev–Trinajstić information content (AvgIpc) is 2.69. The van der Waals surface area contributed by atoms with Gasteiger partial charge in [-0.25, -0.2) is 0 Å². The number of ether oxygens (including phenoxy) is 1. The maximum absolute atomic E-state index is 12.2. The topological polar surface area (TPSA) is 69.1 Å². The van der Waals surface area contributed by atoms with Crippen molar-refractivity contribution < 1.29 is 18.6 Å². The number of aliphatic hydroxyl groups is 1. The summed E-state index contributed by atoms with van der Waals surface area (Å²) in [5.41, 5.74) is 0.602. The Kier molecular flexibility index (Phi) is 13.2. The van der Waals surface area contributed by atoms with Gasteiger partial charge in [0.05, 0.1) is 12.6 Å². The van der Waals surface area contributed by atoms with Crippen LogP contribution < -0.4 is 15.4 Å². The minimum absolute atomic E-state index is 0. The number of likely N-dealkylation sites (tertiary alicyclic amines) is 1. The van der Waals surface area contributed by atoms with Gasteiger partial charge in [-0.15, -0.1) is 24.0 Å². The van der Waals surface area contributed by atoms with Crippen molar-refractivity contribution in [1.29, 1.82) is 0 Å². The molecule has 2 unspecified atom stereocenters. The largest absolute Gasteiger partial charge is 0.435 e. The van der Waals surface area contributed by atoms with Crippen molar-refractivity contribution in [2.45, 2.75) is 45.8 Å². The van der Waals surface area contributed by atoms with Crippen LogP contribution >= 0.6 is 24.0 Å². The van der Waals surface area contributed by atoms with Crippen LogP contribution in [0, 0.1) is 5.92 Å². The van der Waals surface area contributed by atoms with E-state index in [9.17, 15) is 13.9 Å². The lowest BCUT2D eigenvalue weighted by atomic mass is 10.0. The molecule has 1 aliphatic rings. The Hall–Kier alpha value is -1.20. The summed E-state index contributed by atoms with van der Waals surface area (Å²) in [6.45, 7) is 6.60. The number of nitrogens with zero attached hydrogens (tertiary/aromatic N) is 2. The van der Waals surface area contributed by atoms with E-state index in [0.717, 1.165) is 32.0 Å². The van der Waals surface area contributed by atoms with Gasteiger partial charge in [-0.05, 0) is 62.9 Å². The van der Waals surface area contributed by atoms with Crippen LogP contribution in [0.15, 0.2) is 29.3 Å². The number of hydrogen-bond donors (Lipinski definition) is 3. The number of aliphatic hydroxyl groups excluding tert-OH is 1. The van der Waals surface area contributed by atoms with Gasteiger partial charge in [0.2, 0.25) is 0 Å². The Morgan fingerprint density at radius 2 is 2.03 bits per heavy atom. The maximum Gasteiger partial charge on any atom is 0.387 e. The lowest BCUT2D eigenvalue weighted by molar-refractivity contribution is -0.0498. The maximum atomic E-state index is 12.2. The Labute approximate surface area is 195 Å². The quantitative estimate of drug-likeness (QED) is 0.183. The summed E-state index contributed by atoms with van der Waals surface area (Å²) in [6.07, 6.45) is 2.83. The Balaban J connectivity index is 0.00000450. The molecule has 0 amide bonds. The highest BCUT2D eigenvalue weighted by molar-refractivity contribution is 14.0. The van der Waals surface area contributed by atoms with Crippen molar-refractivity contribution >= 4 is 29.9 Å². The Morgan fingerprint density at radius 1 is 1.30 bits per heavy atom. The van der Waals surface area contributed by atoms with Crippen LogP contribution in [-0.4, -0.2) is 61.8 Å². The minimum Gasteiger partial charge on any atom is -0.435 e. The highest BCUT2D eigenvalue weighted by Gasteiger charge is 2.15. The summed E-state index contributed by atoms with van der Waals surface area (Å²) in [7, 11) is 0. The number of guanidine groups is 1. The predicted molar refractivity (Wildman–Crippen MR) is 127 cm³/mol. The molecule has 3 N–H and O–H groups in total. The average molecular weight is 540 g/mol. The summed E-state index contributed by atoms with van der Waals surface area (Å²) in [5, 5.41) is 16.8. The number of hydrogen-bond acceptors (Lipinski definition) is 4. The monoisotopic (exact) mass is 540 g/mol. The van der Waals surface area contributed by atoms with E-state index in [2.05, 4.69) is 32.2 Å². The first kappa shape index (κ1) is 26.8. The third-order valence-electron chi connectivity index (χ3n) is 4.94. The summed E-state index contributed by atoms with van der Waals surface area (Å²) in [5.74, 6) is 1.52. The molecule has 0 saturated carbocycles. The minimum atomic E-state index is -2.86. The molecule has 30 heavy (non-hydrogen) atoms. The Bertz CT molecular complexity index is 620. The van der Waals surface area contributed by atoms with Crippen LogP contribution in [-0.2, 0) is 0 Å². The van der Waals surface area contributed by atoms with Gasteiger partial charge >= 0.3 is 6.61 Å². The number of benzene rings is 1. The van der Waals surface area contributed by atoms with E-state index in [4.69, 9.17) is 0 Å². The van der Waals surface area contributed by atoms with Crippen molar-refractivity contribution in [3.05, 3.63) is 29.8 Å². The van der Waals surface area contributed by atoms with Crippen molar-refractivity contribution in [2.75, 3.05) is 39.3 Å². The third kappa shape index (κ3) is 10.2. The molecule has 2 atom stereocenters. The van der Waals surface area contributed by atoms with Crippen LogP contribution in [0.1, 0.15) is 44.8 Å². The second-order valence-electron chi connectivity index (χ2n) is 7.51. The normalized spacial score (nSPS) is 18.6. The van der Waals surface area contributed by atoms with Crippen LogP contribution in [0.4, 0.5) is 8.78 Å². The molecule has 1 saturated heterocycles. The van der Waals surface area contributed by atoms with E-state index in [1.807, 2.05) is 6.92 Å². The van der Waals surface area contributed by atoms with Crippen LogP contribution in [0.2, 0.25) is 0 Å². The molecular weight excluding hydrogens is 505 g/mol. The molecule has 1 aliphatic heterocycles. The van der Waals surface area contributed by atoms with Crippen molar-refractivity contribution in [1.82, 2.24) is 15.5 Å². The molecule has 2 rings (SSSR count). The molecule has 0 radical (unpaired) electrons. The SMILES string of the molecule is CCNC(=NCC(O)c1ccc(OC(F)F)cc1)NCCCN1CCCC(C)C1.I. The molecule has 1 fully saturated rings. The first-order chi connectivity index (χ1) is 14.0. The van der Waals surface area contributed by atoms with E-state index < -0.39 is 12.7 Å². The number of alkyl halides is 2. The van der Waals surface area contributed by atoms with Gasteiger partial charge in [0.1, 0.15) is 5.75 Å². The van der Waals surface area contributed by atoms with Gasteiger partial charge in [0.25, 0.3) is 0 Å². The third-order valence-corrected chi connectivity index (χ3v) is 4.94. The molecule has 0 aromatic heterocycles. The van der Waals surface area contributed by atoms with E-state index in [0.29, 0.717) is 11.5 Å². The molecule has 172 valence electrons. The van der Waals surface area contributed by atoms with E-state index in [1.54, 1.807) is 12.1 Å². The first-order valence-electron chi connectivity index (χ1n) is 10.4. The molecule has 6 nitrogen and oxygen atoms in total. The lowest BCUT2D eigenvalue weighted by Crippen LogP contribution is -2.40. The zero-order valence-electron chi connectivity index (χ0n) is 17.8. The second kappa shape index (κ2) is 14.7. The molecule has 1 heterocycles. The zero-order valence-corrected chi connectivity index (χ0v) is 20.1. The van der Waals surface area contributed by atoms with Crippen molar-refractivity contribution in [2.24, 2.45) is 10.9 Å². The molecule has 1 aromatic rings. The van der Waals surface area contributed by atoms with Gasteiger partial charge in [0, 0.05) is 19.6 Å². The van der Waals surface area contributed by atoms with E-state index in [-0.39, 0.29) is 36.3 Å². The number of piperidine rings is 1. The van der Waals surface area contributed by atoms with E-state index >= 15 is 0 Å². The van der Waals surface area contributed by atoms with Crippen LogP contribution in [0.3, 0.4) is 0 Å². The molecular formula is C21H35F2IN4O2. The van der Waals surface area contributed by atoms with Crippen LogP contribution in [0.25, 0.3) is 0 Å². The molecule has 1 aromatic carbocycles. The smallest absolute Gasteiger partial charge is 0.387 e. The van der Waals surface area contributed by atoms with Crippen molar-refractivity contribution in [3.8, 4) is 5.75 Å². The number of nitrogens with one attached hydrogen (secondary N) is 2. The number of aliphatic imine (C=N–C) groups is 1. The van der Waals surface area contributed by atoms with Gasteiger partial charge in [0.15, 0.2) is 5.96 Å². The fourth-order valence-corrected chi connectivity index (χ4v) is 3.50. The molecule has 0 aliphatic carbocycles. The summed E-state index contributed by atoms with van der Waals surface area (Å²) in [4.78, 5) is 6.96. The Morgan fingerprint density at radius 3 is 2.67 bits per heavy atom. The highest BCUT2D eigenvalue weighted by Crippen LogP contribution is 2.19. The summed E-state index contributed by atoms with van der Waals surface area (Å²) >= 11 is 0. The molecule has 9 heteroatoms. The van der Waals surface area contributed by atoms with E-state index in [1.165, 1.54) is 38.1 Å². The van der Waals surface area contributed by atoms with Gasteiger partial charge < -0.3 is 25.4 Å². The number of halogens is 3. The zero-order chi connectivity index (χ0) is 21.1.